The maximum atomic E-state index is 10.2. The summed E-state index contributed by atoms with van der Waals surface area (Å²) >= 11 is 0. The van der Waals surface area contributed by atoms with E-state index in [9.17, 15) is 5.11 Å². The second-order valence-electron chi connectivity index (χ2n) is 6.14. The third-order valence-electron chi connectivity index (χ3n) is 4.14. The average molecular weight is 369 g/mol. The van der Waals surface area contributed by atoms with Crippen molar-refractivity contribution in [3.05, 3.63) is 101 Å². The van der Waals surface area contributed by atoms with Crippen LogP contribution in [0.2, 0.25) is 0 Å². The summed E-state index contributed by atoms with van der Waals surface area (Å²) < 4.78 is 0. The number of phenols is 1. The van der Waals surface area contributed by atoms with Gasteiger partial charge in [-0.1, -0.05) is 72.8 Å². The van der Waals surface area contributed by atoms with Crippen molar-refractivity contribution in [3.63, 3.8) is 0 Å². The SMILES string of the molecule is Cl.Oc1cc(CNCc2ccccc2)ccc1CNCc1ccccc1. The first-order chi connectivity index (χ1) is 12.3. The Hall–Kier alpha value is -2.33. The van der Waals surface area contributed by atoms with Crippen molar-refractivity contribution >= 4 is 12.4 Å². The number of phenolic OH excluding ortho intramolecular Hbond substituents is 1. The van der Waals surface area contributed by atoms with Gasteiger partial charge in [0.2, 0.25) is 0 Å². The molecule has 0 radical (unpaired) electrons. The summed E-state index contributed by atoms with van der Waals surface area (Å²) in [6.07, 6.45) is 0. The van der Waals surface area contributed by atoms with Crippen molar-refractivity contribution < 1.29 is 5.11 Å². The minimum absolute atomic E-state index is 0. The maximum Gasteiger partial charge on any atom is 0.120 e. The molecule has 0 aliphatic heterocycles. The number of hydrogen-bond donors (Lipinski definition) is 3. The van der Waals surface area contributed by atoms with E-state index in [0.717, 1.165) is 30.8 Å². The minimum atomic E-state index is 0. The Morgan fingerprint density at radius 3 is 1.62 bits per heavy atom. The third-order valence-corrected chi connectivity index (χ3v) is 4.14. The normalized spacial score (nSPS) is 10.3. The molecule has 4 heteroatoms. The molecule has 0 saturated carbocycles. The molecule has 3 rings (SSSR count). The molecule has 0 atom stereocenters. The Labute approximate surface area is 161 Å². The molecule has 0 aliphatic rings. The topological polar surface area (TPSA) is 44.3 Å². The quantitative estimate of drug-likeness (QED) is 0.552. The number of aromatic hydroxyl groups is 1. The van der Waals surface area contributed by atoms with Gasteiger partial charge in [-0.2, -0.15) is 0 Å². The Morgan fingerprint density at radius 2 is 1.08 bits per heavy atom. The van der Waals surface area contributed by atoms with Crippen molar-refractivity contribution in [2.24, 2.45) is 0 Å². The van der Waals surface area contributed by atoms with Crippen LogP contribution in [-0.4, -0.2) is 5.11 Å². The van der Waals surface area contributed by atoms with Gasteiger partial charge < -0.3 is 15.7 Å². The van der Waals surface area contributed by atoms with Gasteiger partial charge in [0.15, 0.2) is 0 Å². The van der Waals surface area contributed by atoms with E-state index >= 15 is 0 Å². The lowest BCUT2D eigenvalue weighted by atomic mass is 10.1. The highest BCUT2D eigenvalue weighted by Gasteiger charge is 2.03. The highest BCUT2D eigenvalue weighted by Crippen LogP contribution is 2.19. The Kier molecular flexibility index (Phi) is 8.16. The van der Waals surface area contributed by atoms with Gasteiger partial charge >= 0.3 is 0 Å². The zero-order valence-electron chi connectivity index (χ0n) is 14.7. The molecule has 3 aromatic rings. The number of benzene rings is 3. The predicted octanol–water partition coefficient (Wildman–Crippen LogP) is 4.39. The maximum absolute atomic E-state index is 10.2. The van der Waals surface area contributed by atoms with Gasteiger partial charge in [-0.05, 0) is 22.8 Å². The molecule has 136 valence electrons. The van der Waals surface area contributed by atoms with E-state index in [-0.39, 0.29) is 12.4 Å². The van der Waals surface area contributed by atoms with Crippen molar-refractivity contribution in [3.8, 4) is 5.75 Å². The number of halogens is 1. The summed E-state index contributed by atoms with van der Waals surface area (Å²) in [4.78, 5) is 0. The van der Waals surface area contributed by atoms with E-state index in [4.69, 9.17) is 0 Å². The fourth-order valence-electron chi connectivity index (χ4n) is 2.75. The van der Waals surface area contributed by atoms with E-state index < -0.39 is 0 Å². The molecule has 0 saturated heterocycles. The number of rotatable bonds is 8. The Morgan fingerprint density at radius 1 is 0.577 bits per heavy atom. The van der Waals surface area contributed by atoms with E-state index in [1.165, 1.54) is 11.1 Å². The molecule has 26 heavy (non-hydrogen) atoms. The standard InChI is InChI=1S/C22H24N2O.ClH/c25-22-13-20(16-23-14-18-7-3-1-4-8-18)11-12-21(22)17-24-15-19-9-5-2-6-10-19;/h1-13,23-25H,14-17H2;1H. The lowest BCUT2D eigenvalue weighted by Gasteiger charge is -2.10. The first-order valence-electron chi connectivity index (χ1n) is 8.61. The van der Waals surface area contributed by atoms with Crippen LogP contribution < -0.4 is 10.6 Å². The summed E-state index contributed by atoms with van der Waals surface area (Å²) in [5.41, 5.74) is 4.50. The van der Waals surface area contributed by atoms with Gasteiger partial charge in [0, 0.05) is 31.7 Å². The van der Waals surface area contributed by atoms with Crippen LogP contribution in [0, 0.1) is 0 Å². The molecule has 3 N–H and O–H groups in total. The van der Waals surface area contributed by atoms with Gasteiger partial charge in [0.25, 0.3) is 0 Å². The van der Waals surface area contributed by atoms with Crippen LogP contribution in [0.1, 0.15) is 22.3 Å². The minimum Gasteiger partial charge on any atom is -0.508 e. The second kappa shape index (κ2) is 10.6. The lowest BCUT2D eigenvalue weighted by Crippen LogP contribution is -2.14. The van der Waals surface area contributed by atoms with Crippen LogP contribution >= 0.6 is 12.4 Å². The van der Waals surface area contributed by atoms with Crippen LogP contribution in [0.3, 0.4) is 0 Å². The summed E-state index contributed by atoms with van der Waals surface area (Å²) in [6, 6.07) is 26.5. The molecule has 0 aromatic heterocycles. The molecule has 0 unspecified atom stereocenters. The monoisotopic (exact) mass is 368 g/mol. The summed E-state index contributed by atoms with van der Waals surface area (Å²) in [7, 11) is 0. The smallest absolute Gasteiger partial charge is 0.120 e. The first-order valence-corrected chi connectivity index (χ1v) is 8.61. The average Bonchev–Trinajstić information content (AvgIpc) is 2.65. The van der Waals surface area contributed by atoms with E-state index in [2.05, 4.69) is 41.0 Å². The fourth-order valence-corrected chi connectivity index (χ4v) is 2.75. The van der Waals surface area contributed by atoms with Crippen molar-refractivity contribution in [1.82, 2.24) is 10.6 Å². The molecule has 3 nitrogen and oxygen atoms in total. The van der Waals surface area contributed by atoms with Crippen molar-refractivity contribution in [2.75, 3.05) is 0 Å². The third kappa shape index (κ3) is 6.19. The zero-order valence-corrected chi connectivity index (χ0v) is 15.5. The number of nitrogens with one attached hydrogen (secondary N) is 2. The van der Waals surface area contributed by atoms with Crippen LogP contribution in [0.25, 0.3) is 0 Å². The summed E-state index contributed by atoms with van der Waals surface area (Å²) in [5, 5.41) is 17.0. The highest BCUT2D eigenvalue weighted by atomic mass is 35.5. The van der Waals surface area contributed by atoms with Gasteiger partial charge in [-0.15, -0.1) is 12.4 Å². The van der Waals surface area contributed by atoms with E-state index in [0.29, 0.717) is 12.3 Å². The van der Waals surface area contributed by atoms with Crippen LogP contribution in [0.5, 0.6) is 5.75 Å². The predicted molar refractivity (Wildman–Crippen MR) is 109 cm³/mol. The molecular weight excluding hydrogens is 344 g/mol. The molecule has 0 fully saturated rings. The van der Waals surface area contributed by atoms with Crippen LogP contribution in [-0.2, 0) is 26.2 Å². The van der Waals surface area contributed by atoms with Gasteiger partial charge in [0.1, 0.15) is 5.75 Å². The molecule has 0 bridgehead atoms. The van der Waals surface area contributed by atoms with E-state index in [1.807, 2.05) is 48.5 Å². The Bertz CT molecular complexity index is 779. The summed E-state index contributed by atoms with van der Waals surface area (Å²) in [6.45, 7) is 3.00. The first kappa shape index (κ1) is 20.0. The van der Waals surface area contributed by atoms with Crippen LogP contribution in [0.15, 0.2) is 78.9 Å². The molecule has 0 heterocycles. The summed E-state index contributed by atoms with van der Waals surface area (Å²) in [5.74, 6) is 0.347. The van der Waals surface area contributed by atoms with Crippen LogP contribution in [0.4, 0.5) is 0 Å². The largest absolute Gasteiger partial charge is 0.508 e. The van der Waals surface area contributed by atoms with Crippen molar-refractivity contribution in [1.29, 1.82) is 0 Å². The van der Waals surface area contributed by atoms with Gasteiger partial charge in [-0.3, -0.25) is 0 Å². The molecule has 0 aliphatic carbocycles. The Balaban J connectivity index is 0.00000243. The zero-order chi connectivity index (χ0) is 17.3. The van der Waals surface area contributed by atoms with Gasteiger partial charge in [0.05, 0.1) is 0 Å². The number of hydrogen-bond acceptors (Lipinski definition) is 3. The molecule has 0 spiro atoms. The fraction of sp³-hybridized carbons (Fsp3) is 0.182. The van der Waals surface area contributed by atoms with E-state index in [1.54, 1.807) is 0 Å². The lowest BCUT2D eigenvalue weighted by molar-refractivity contribution is 0.463. The highest BCUT2D eigenvalue weighted by molar-refractivity contribution is 5.85. The van der Waals surface area contributed by atoms with Crippen molar-refractivity contribution in [2.45, 2.75) is 26.2 Å². The molecular formula is C22H25ClN2O. The molecule has 0 amide bonds. The molecule has 3 aromatic carbocycles. The van der Waals surface area contributed by atoms with Gasteiger partial charge in [-0.25, -0.2) is 0 Å². The second-order valence-corrected chi connectivity index (χ2v) is 6.14.